The smallest absolute Gasteiger partial charge is 0.325 e. The number of rotatable bonds is 6. The maximum Gasteiger partial charge on any atom is 0.325 e. The zero-order valence-corrected chi connectivity index (χ0v) is 11.1. The van der Waals surface area contributed by atoms with Crippen LogP contribution >= 0.6 is 0 Å². The van der Waals surface area contributed by atoms with Gasteiger partial charge in [0.25, 0.3) is 5.91 Å². The van der Waals surface area contributed by atoms with Crippen LogP contribution in [-0.4, -0.2) is 43.6 Å². The first-order valence-electron chi connectivity index (χ1n) is 5.89. The maximum absolute atomic E-state index is 11.8. The molecule has 19 heavy (non-hydrogen) atoms. The fourth-order valence-corrected chi connectivity index (χ4v) is 1.40. The van der Waals surface area contributed by atoms with Gasteiger partial charge in [-0.2, -0.15) is 0 Å². The van der Waals surface area contributed by atoms with Gasteiger partial charge in [-0.1, -0.05) is 0 Å². The molecule has 104 valence electrons. The Kier molecular flexibility index (Phi) is 5.66. The van der Waals surface area contributed by atoms with Crippen molar-refractivity contribution in [1.82, 2.24) is 4.90 Å². The molecule has 0 saturated heterocycles. The van der Waals surface area contributed by atoms with Gasteiger partial charge < -0.3 is 20.1 Å². The number of nitrogens with zero attached hydrogens (tertiary/aromatic N) is 1. The number of ether oxygens (including phenoxy) is 2. The number of esters is 1. The van der Waals surface area contributed by atoms with Gasteiger partial charge in [-0.05, 0) is 31.2 Å². The van der Waals surface area contributed by atoms with E-state index in [4.69, 9.17) is 10.5 Å². The molecule has 0 unspecified atom stereocenters. The highest BCUT2D eigenvalue weighted by atomic mass is 16.5. The molecule has 0 aliphatic heterocycles. The third-order valence-electron chi connectivity index (χ3n) is 2.52. The van der Waals surface area contributed by atoms with E-state index in [-0.39, 0.29) is 19.1 Å². The molecule has 0 aliphatic carbocycles. The topological polar surface area (TPSA) is 81.9 Å². The van der Waals surface area contributed by atoms with E-state index in [1.807, 2.05) is 0 Å². The van der Waals surface area contributed by atoms with E-state index in [0.717, 1.165) is 0 Å². The monoisotopic (exact) mass is 266 g/mol. The molecule has 0 radical (unpaired) electrons. The quantitative estimate of drug-likeness (QED) is 0.604. The Labute approximate surface area is 112 Å². The van der Waals surface area contributed by atoms with Crippen LogP contribution in [0.3, 0.4) is 0 Å². The standard InChI is InChI=1S/C13H18N2O4/c1-3-15(8-13(17)18-2)12(16)9-19-11-6-4-10(14)5-7-11/h4-7H,3,8-9,14H2,1-2H3. The molecule has 0 saturated carbocycles. The lowest BCUT2D eigenvalue weighted by atomic mass is 10.3. The summed E-state index contributed by atoms with van der Waals surface area (Å²) in [7, 11) is 1.28. The number of anilines is 1. The lowest BCUT2D eigenvalue weighted by molar-refractivity contribution is -0.147. The highest BCUT2D eigenvalue weighted by molar-refractivity contribution is 5.83. The van der Waals surface area contributed by atoms with Crippen LogP contribution in [0.15, 0.2) is 24.3 Å². The lowest BCUT2D eigenvalue weighted by Gasteiger charge is -2.19. The number of amides is 1. The van der Waals surface area contributed by atoms with Crippen LogP contribution in [0.5, 0.6) is 5.75 Å². The summed E-state index contributed by atoms with van der Waals surface area (Å²) in [4.78, 5) is 24.3. The van der Waals surface area contributed by atoms with Crippen molar-refractivity contribution in [2.24, 2.45) is 0 Å². The van der Waals surface area contributed by atoms with Crippen LogP contribution in [0.25, 0.3) is 0 Å². The van der Waals surface area contributed by atoms with Crippen molar-refractivity contribution in [1.29, 1.82) is 0 Å². The van der Waals surface area contributed by atoms with Crippen molar-refractivity contribution in [2.45, 2.75) is 6.92 Å². The Bertz CT molecular complexity index is 431. The highest BCUT2D eigenvalue weighted by Gasteiger charge is 2.16. The molecule has 1 rings (SSSR count). The molecule has 1 aromatic rings. The SMILES string of the molecule is CCN(CC(=O)OC)C(=O)COc1ccc(N)cc1. The number of hydrogen-bond acceptors (Lipinski definition) is 5. The largest absolute Gasteiger partial charge is 0.484 e. The summed E-state index contributed by atoms with van der Waals surface area (Å²) in [5, 5.41) is 0. The van der Waals surface area contributed by atoms with Crippen molar-refractivity contribution in [3.8, 4) is 5.75 Å². The number of benzene rings is 1. The van der Waals surface area contributed by atoms with Crippen LogP contribution in [0.1, 0.15) is 6.92 Å². The van der Waals surface area contributed by atoms with Crippen LogP contribution < -0.4 is 10.5 Å². The highest BCUT2D eigenvalue weighted by Crippen LogP contribution is 2.13. The number of nitrogen functional groups attached to an aromatic ring is 1. The van der Waals surface area contributed by atoms with Crippen molar-refractivity contribution in [2.75, 3.05) is 32.5 Å². The van der Waals surface area contributed by atoms with E-state index >= 15 is 0 Å². The molecule has 0 spiro atoms. The first-order valence-corrected chi connectivity index (χ1v) is 5.89. The van der Waals surface area contributed by atoms with Crippen LogP contribution in [0.4, 0.5) is 5.69 Å². The predicted octanol–water partition coefficient (Wildman–Crippen LogP) is 0.669. The maximum atomic E-state index is 11.8. The summed E-state index contributed by atoms with van der Waals surface area (Å²) in [6.07, 6.45) is 0. The summed E-state index contributed by atoms with van der Waals surface area (Å²) in [5.41, 5.74) is 6.17. The lowest BCUT2D eigenvalue weighted by Crippen LogP contribution is -2.38. The molecular formula is C13H18N2O4. The zero-order chi connectivity index (χ0) is 14.3. The van der Waals surface area contributed by atoms with Gasteiger partial charge in [-0.25, -0.2) is 0 Å². The third kappa shape index (κ3) is 4.87. The molecule has 6 nitrogen and oxygen atoms in total. The Hall–Kier alpha value is -2.24. The minimum Gasteiger partial charge on any atom is -0.484 e. The number of methoxy groups -OCH3 is 1. The second kappa shape index (κ2) is 7.25. The molecular weight excluding hydrogens is 248 g/mol. The minimum atomic E-state index is -0.456. The van der Waals surface area contributed by atoms with Gasteiger partial charge in [0.1, 0.15) is 12.3 Å². The molecule has 6 heteroatoms. The number of nitrogens with two attached hydrogens (primary N) is 1. The second-order valence-electron chi connectivity index (χ2n) is 3.84. The average Bonchev–Trinajstić information content (AvgIpc) is 2.43. The van der Waals surface area contributed by atoms with Crippen LogP contribution in [-0.2, 0) is 14.3 Å². The van der Waals surface area contributed by atoms with Crippen molar-refractivity contribution < 1.29 is 19.1 Å². The molecule has 1 amide bonds. The normalized spacial score (nSPS) is 9.79. The predicted molar refractivity (Wildman–Crippen MR) is 70.6 cm³/mol. The first-order chi connectivity index (χ1) is 9.06. The summed E-state index contributed by atoms with van der Waals surface area (Å²) in [6.45, 7) is 1.99. The molecule has 0 fully saturated rings. The van der Waals surface area contributed by atoms with Gasteiger partial charge in [-0.3, -0.25) is 9.59 Å². The average molecular weight is 266 g/mol. The molecule has 2 N–H and O–H groups in total. The van der Waals surface area contributed by atoms with E-state index < -0.39 is 5.97 Å². The number of likely N-dealkylation sites (N-methyl/N-ethyl adjacent to an activating group) is 1. The van der Waals surface area contributed by atoms with Crippen LogP contribution in [0, 0.1) is 0 Å². The van der Waals surface area contributed by atoms with Crippen molar-refractivity contribution >= 4 is 17.6 Å². The van der Waals surface area contributed by atoms with Crippen molar-refractivity contribution in [3.63, 3.8) is 0 Å². The molecule has 1 aromatic carbocycles. The number of carbonyl (C=O) groups is 2. The van der Waals surface area contributed by atoms with E-state index in [1.165, 1.54) is 12.0 Å². The van der Waals surface area contributed by atoms with Gasteiger partial charge in [0.15, 0.2) is 6.61 Å². The fraction of sp³-hybridized carbons (Fsp3) is 0.385. The van der Waals surface area contributed by atoms with Gasteiger partial charge in [0.05, 0.1) is 7.11 Å². The summed E-state index contributed by atoms with van der Waals surface area (Å²) >= 11 is 0. The molecule has 0 atom stereocenters. The molecule has 0 aliphatic rings. The third-order valence-corrected chi connectivity index (χ3v) is 2.52. The van der Waals surface area contributed by atoms with E-state index in [2.05, 4.69) is 4.74 Å². The number of hydrogen-bond donors (Lipinski definition) is 1. The van der Waals surface area contributed by atoms with E-state index in [1.54, 1.807) is 31.2 Å². The number of carbonyl (C=O) groups excluding carboxylic acids is 2. The van der Waals surface area contributed by atoms with Gasteiger partial charge in [-0.15, -0.1) is 0 Å². The Morgan fingerprint density at radius 2 is 1.89 bits per heavy atom. The zero-order valence-electron chi connectivity index (χ0n) is 11.1. The molecule has 0 aromatic heterocycles. The molecule has 0 bridgehead atoms. The van der Waals surface area contributed by atoms with Crippen LogP contribution in [0.2, 0.25) is 0 Å². The first kappa shape index (κ1) is 14.8. The Morgan fingerprint density at radius 3 is 2.42 bits per heavy atom. The van der Waals surface area contributed by atoms with Gasteiger partial charge in [0, 0.05) is 12.2 Å². The fourth-order valence-electron chi connectivity index (χ4n) is 1.40. The van der Waals surface area contributed by atoms with E-state index in [0.29, 0.717) is 18.0 Å². The second-order valence-corrected chi connectivity index (χ2v) is 3.84. The molecule has 0 heterocycles. The summed E-state index contributed by atoms with van der Waals surface area (Å²) in [6, 6.07) is 6.73. The van der Waals surface area contributed by atoms with Gasteiger partial charge >= 0.3 is 5.97 Å². The summed E-state index contributed by atoms with van der Waals surface area (Å²) < 4.78 is 9.84. The Morgan fingerprint density at radius 1 is 1.26 bits per heavy atom. The van der Waals surface area contributed by atoms with Crippen molar-refractivity contribution in [3.05, 3.63) is 24.3 Å². The van der Waals surface area contributed by atoms with Gasteiger partial charge in [0.2, 0.25) is 0 Å². The Balaban J connectivity index is 2.48. The summed E-state index contributed by atoms with van der Waals surface area (Å²) in [5.74, 6) is -0.177. The minimum absolute atomic E-state index is 0.0725. The van der Waals surface area contributed by atoms with E-state index in [9.17, 15) is 9.59 Å².